The standard InChI is InChI=1S/C12H19N3O2S/c1-4-18-6-5-10(3)14-12-11(15(16)17)7-9(2)8-13-12/h7-8,10H,4-6H2,1-3H3,(H,13,14). The minimum absolute atomic E-state index is 0.0463. The highest BCUT2D eigenvalue weighted by molar-refractivity contribution is 7.99. The lowest BCUT2D eigenvalue weighted by Gasteiger charge is -2.14. The molecule has 1 N–H and O–H groups in total. The third-order valence-electron chi connectivity index (χ3n) is 2.48. The highest BCUT2D eigenvalue weighted by atomic mass is 32.2. The molecule has 0 amide bonds. The second-order valence-electron chi connectivity index (χ2n) is 4.17. The van der Waals surface area contributed by atoms with Crippen LogP contribution < -0.4 is 5.32 Å². The van der Waals surface area contributed by atoms with Crippen LogP contribution in [0.5, 0.6) is 0 Å². The van der Waals surface area contributed by atoms with Crippen LogP contribution >= 0.6 is 11.8 Å². The van der Waals surface area contributed by atoms with E-state index in [-0.39, 0.29) is 11.7 Å². The molecule has 1 unspecified atom stereocenters. The lowest BCUT2D eigenvalue weighted by Crippen LogP contribution is -2.18. The molecule has 18 heavy (non-hydrogen) atoms. The average Bonchev–Trinajstić information content (AvgIpc) is 2.31. The van der Waals surface area contributed by atoms with Crippen molar-refractivity contribution in [2.45, 2.75) is 33.2 Å². The van der Waals surface area contributed by atoms with Gasteiger partial charge in [-0.2, -0.15) is 11.8 Å². The molecule has 1 heterocycles. The minimum Gasteiger partial charge on any atom is -0.362 e. The Bertz CT molecular complexity index is 412. The van der Waals surface area contributed by atoms with Gasteiger partial charge in [0.1, 0.15) is 0 Å². The SMILES string of the molecule is CCSCCC(C)Nc1ncc(C)cc1[N+](=O)[O-]. The molecule has 0 aliphatic heterocycles. The van der Waals surface area contributed by atoms with E-state index < -0.39 is 4.92 Å². The Morgan fingerprint density at radius 2 is 2.33 bits per heavy atom. The van der Waals surface area contributed by atoms with Crippen LogP contribution in [0, 0.1) is 17.0 Å². The number of hydrogen-bond acceptors (Lipinski definition) is 5. The summed E-state index contributed by atoms with van der Waals surface area (Å²) in [4.78, 5) is 14.7. The number of aryl methyl sites for hydroxylation is 1. The van der Waals surface area contributed by atoms with Crippen LogP contribution in [-0.4, -0.2) is 27.5 Å². The predicted molar refractivity (Wildman–Crippen MR) is 76.3 cm³/mol. The maximum absolute atomic E-state index is 10.9. The summed E-state index contributed by atoms with van der Waals surface area (Å²) >= 11 is 1.87. The fourth-order valence-corrected chi connectivity index (χ4v) is 2.32. The molecule has 0 aromatic carbocycles. The Balaban J connectivity index is 2.68. The normalized spacial score (nSPS) is 12.2. The van der Waals surface area contributed by atoms with E-state index in [9.17, 15) is 10.1 Å². The number of nitrogens with one attached hydrogen (secondary N) is 1. The van der Waals surface area contributed by atoms with Crippen molar-refractivity contribution in [2.24, 2.45) is 0 Å². The largest absolute Gasteiger partial charge is 0.362 e. The van der Waals surface area contributed by atoms with E-state index in [1.165, 1.54) is 0 Å². The average molecular weight is 269 g/mol. The number of aromatic nitrogens is 1. The lowest BCUT2D eigenvalue weighted by molar-refractivity contribution is -0.384. The van der Waals surface area contributed by atoms with Gasteiger partial charge < -0.3 is 5.32 Å². The maximum Gasteiger partial charge on any atom is 0.311 e. The van der Waals surface area contributed by atoms with Crippen molar-refractivity contribution in [1.82, 2.24) is 4.98 Å². The Morgan fingerprint density at radius 3 is 2.94 bits per heavy atom. The first kappa shape index (κ1) is 14.8. The van der Waals surface area contributed by atoms with Crippen LogP contribution in [0.2, 0.25) is 0 Å². The van der Waals surface area contributed by atoms with Gasteiger partial charge in [0.05, 0.1) is 4.92 Å². The highest BCUT2D eigenvalue weighted by Gasteiger charge is 2.16. The van der Waals surface area contributed by atoms with Gasteiger partial charge in [-0.25, -0.2) is 4.98 Å². The summed E-state index contributed by atoms with van der Waals surface area (Å²) in [5.74, 6) is 2.50. The first-order chi connectivity index (χ1) is 8.54. The van der Waals surface area contributed by atoms with Gasteiger partial charge in [-0.15, -0.1) is 0 Å². The fraction of sp³-hybridized carbons (Fsp3) is 0.583. The second-order valence-corrected chi connectivity index (χ2v) is 5.56. The highest BCUT2D eigenvalue weighted by Crippen LogP contribution is 2.23. The van der Waals surface area contributed by atoms with E-state index in [2.05, 4.69) is 17.2 Å². The van der Waals surface area contributed by atoms with Crippen molar-refractivity contribution in [3.63, 3.8) is 0 Å². The van der Waals surface area contributed by atoms with Crippen LogP contribution in [0.1, 0.15) is 25.8 Å². The van der Waals surface area contributed by atoms with Crippen LogP contribution in [-0.2, 0) is 0 Å². The molecule has 5 nitrogen and oxygen atoms in total. The molecule has 0 bridgehead atoms. The number of hydrogen-bond donors (Lipinski definition) is 1. The monoisotopic (exact) mass is 269 g/mol. The van der Waals surface area contributed by atoms with Gasteiger partial charge in [0.2, 0.25) is 5.82 Å². The van der Waals surface area contributed by atoms with Gasteiger partial charge in [0, 0.05) is 18.3 Å². The van der Waals surface area contributed by atoms with Gasteiger partial charge >= 0.3 is 5.69 Å². The van der Waals surface area contributed by atoms with Crippen LogP contribution in [0.15, 0.2) is 12.3 Å². The van der Waals surface area contributed by atoms with Crippen molar-refractivity contribution in [3.05, 3.63) is 27.9 Å². The Labute approximate surface area is 112 Å². The summed E-state index contributed by atoms with van der Waals surface area (Å²) in [6.45, 7) is 5.93. The zero-order valence-corrected chi connectivity index (χ0v) is 11.8. The first-order valence-corrected chi connectivity index (χ1v) is 7.15. The maximum atomic E-state index is 10.9. The van der Waals surface area contributed by atoms with Crippen molar-refractivity contribution >= 4 is 23.3 Å². The van der Waals surface area contributed by atoms with Crippen LogP contribution in [0.3, 0.4) is 0 Å². The summed E-state index contributed by atoms with van der Waals surface area (Å²) in [6.07, 6.45) is 2.61. The summed E-state index contributed by atoms with van der Waals surface area (Å²) < 4.78 is 0. The van der Waals surface area contributed by atoms with Crippen molar-refractivity contribution in [3.8, 4) is 0 Å². The minimum atomic E-state index is -0.393. The molecular formula is C12H19N3O2S. The zero-order chi connectivity index (χ0) is 13.5. The first-order valence-electron chi connectivity index (χ1n) is 6.00. The van der Waals surface area contributed by atoms with E-state index in [4.69, 9.17) is 0 Å². The van der Waals surface area contributed by atoms with Gasteiger partial charge in [0.15, 0.2) is 0 Å². The van der Waals surface area contributed by atoms with Gasteiger partial charge in [0.25, 0.3) is 0 Å². The number of anilines is 1. The molecule has 0 saturated carbocycles. The Kier molecular flexibility index (Phi) is 5.91. The van der Waals surface area contributed by atoms with E-state index >= 15 is 0 Å². The van der Waals surface area contributed by atoms with Crippen molar-refractivity contribution in [2.75, 3.05) is 16.8 Å². The Morgan fingerprint density at radius 1 is 1.61 bits per heavy atom. The summed E-state index contributed by atoms with van der Waals surface area (Å²) in [6, 6.07) is 1.72. The summed E-state index contributed by atoms with van der Waals surface area (Å²) in [5, 5.41) is 14.0. The van der Waals surface area contributed by atoms with E-state index in [0.717, 1.165) is 23.5 Å². The molecule has 0 saturated heterocycles. The van der Waals surface area contributed by atoms with Gasteiger partial charge in [-0.1, -0.05) is 6.92 Å². The van der Waals surface area contributed by atoms with E-state index in [0.29, 0.717) is 5.82 Å². The number of nitro groups is 1. The molecule has 0 aliphatic carbocycles. The third kappa shape index (κ3) is 4.52. The molecular weight excluding hydrogens is 250 g/mol. The quantitative estimate of drug-likeness (QED) is 0.467. The van der Waals surface area contributed by atoms with Crippen LogP contribution in [0.25, 0.3) is 0 Å². The molecule has 100 valence electrons. The zero-order valence-electron chi connectivity index (χ0n) is 11.0. The molecule has 0 radical (unpaired) electrons. The summed E-state index contributed by atoms with van der Waals surface area (Å²) in [7, 11) is 0. The fourth-order valence-electron chi connectivity index (χ4n) is 1.51. The van der Waals surface area contributed by atoms with E-state index in [1.54, 1.807) is 19.2 Å². The molecule has 6 heteroatoms. The van der Waals surface area contributed by atoms with E-state index in [1.807, 2.05) is 18.7 Å². The number of thioether (sulfide) groups is 1. The van der Waals surface area contributed by atoms with Crippen molar-refractivity contribution in [1.29, 1.82) is 0 Å². The van der Waals surface area contributed by atoms with Gasteiger partial charge in [-0.3, -0.25) is 10.1 Å². The molecule has 1 rings (SSSR count). The number of rotatable bonds is 7. The lowest BCUT2D eigenvalue weighted by atomic mass is 10.2. The molecule has 0 fully saturated rings. The Hall–Kier alpha value is -1.30. The van der Waals surface area contributed by atoms with Crippen LogP contribution in [0.4, 0.5) is 11.5 Å². The molecule has 0 aliphatic rings. The number of pyridine rings is 1. The third-order valence-corrected chi connectivity index (χ3v) is 3.42. The number of nitrogens with zero attached hydrogens (tertiary/aromatic N) is 2. The molecule has 1 aromatic rings. The predicted octanol–water partition coefficient (Wildman–Crippen LogP) is 3.24. The second kappa shape index (κ2) is 7.20. The molecule has 1 aromatic heterocycles. The smallest absolute Gasteiger partial charge is 0.311 e. The van der Waals surface area contributed by atoms with Crippen molar-refractivity contribution < 1.29 is 4.92 Å². The van der Waals surface area contributed by atoms with Gasteiger partial charge in [-0.05, 0) is 37.3 Å². The topological polar surface area (TPSA) is 68.1 Å². The summed E-state index contributed by atoms with van der Waals surface area (Å²) in [5.41, 5.74) is 0.839. The molecule has 1 atom stereocenters. The molecule has 0 spiro atoms.